The highest BCUT2D eigenvalue weighted by Gasteiger charge is 1.62. The third-order valence-corrected chi connectivity index (χ3v) is 0.200. The summed E-state index contributed by atoms with van der Waals surface area (Å²) in [6.07, 6.45) is 0. The molecule has 7 nitrogen and oxygen atoms in total. The maximum atomic E-state index is 8.67. The van der Waals surface area contributed by atoms with E-state index in [-0.39, 0.29) is 26.4 Å². The second-order valence-electron chi connectivity index (χ2n) is 1.13. The van der Waals surface area contributed by atoms with Crippen molar-refractivity contribution in [2.24, 2.45) is 0 Å². The second-order valence-corrected chi connectivity index (χ2v) is 1.59. The van der Waals surface area contributed by atoms with Crippen LogP contribution >= 0.6 is 0 Å². The highest BCUT2D eigenvalue weighted by Crippen LogP contribution is 1.44. The van der Waals surface area contributed by atoms with Gasteiger partial charge in [0.15, 0.2) is 0 Å². The first-order chi connectivity index (χ1) is 5.56. The number of aliphatic hydroxyl groups is 4. The van der Waals surface area contributed by atoms with Crippen LogP contribution in [-0.2, 0) is 11.4 Å². The van der Waals surface area contributed by atoms with Crippen LogP contribution in [0.1, 0.15) is 0 Å². The van der Waals surface area contributed by atoms with E-state index in [0.717, 1.165) is 0 Å². The fourth-order valence-corrected chi connectivity index (χ4v) is 0. The van der Waals surface area contributed by atoms with Crippen molar-refractivity contribution in [2.45, 2.75) is 0 Å². The van der Waals surface area contributed by atoms with Crippen molar-refractivity contribution >= 4 is 11.4 Å². The molecule has 8 heteroatoms. The van der Waals surface area contributed by atoms with E-state index in [1.165, 1.54) is 0 Å². The van der Waals surface area contributed by atoms with Crippen LogP contribution in [0.5, 0.6) is 0 Å². The second kappa shape index (κ2) is 22.4. The molecule has 0 aliphatic carbocycles. The van der Waals surface area contributed by atoms with Crippen LogP contribution in [0, 0.1) is 0 Å². The smallest absolute Gasteiger partial charge is 0.299 e. The Kier molecular flexibility index (Phi) is 33.4. The lowest BCUT2D eigenvalue weighted by atomic mass is 10.8. The lowest BCUT2D eigenvalue weighted by molar-refractivity contribution is 0.186. The summed E-state index contributed by atoms with van der Waals surface area (Å²) in [6.45, 7) is -0.500. The van der Waals surface area contributed by atoms with Gasteiger partial charge in [0.25, 0.3) is 11.4 Å². The minimum Gasteiger partial charge on any atom is -0.394 e. The molecule has 0 atom stereocenters. The Balaban J connectivity index is -0.000000101. The summed E-state index contributed by atoms with van der Waals surface area (Å²) in [5.41, 5.74) is 0. The van der Waals surface area contributed by atoms with Gasteiger partial charge in [0.1, 0.15) is 0 Å². The predicted octanol–water partition coefficient (Wildman–Crippen LogP) is -2.38. The van der Waals surface area contributed by atoms with Crippen LogP contribution in [0.3, 0.4) is 0 Å². The van der Waals surface area contributed by atoms with Gasteiger partial charge in [0, 0.05) is 0 Å². The van der Waals surface area contributed by atoms with Gasteiger partial charge >= 0.3 is 0 Å². The molecule has 0 saturated carbocycles. The fourth-order valence-electron chi connectivity index (χ4n) is 0. The van der Waals surface area contributed by atoms with Gasteiger partial charge < -0.3 is 20.4 Å². The molecular formula is C4H14O7S. The van der Waals surface area contributed by atoms with Crippen molar-refractivity contribution in [3.63, 3.8) is 0 Å². The Labute approximate surface area is 72.4 Å². The third kappa shape index (κ3) is 216. The van der Waals surface area contributed by atoms with Crippen molar-refractivity contribution in [3.8, 4) is 0 Å². The monoisotopic (exact) mass is 206 g/mol. The molecular weight excluding hydrogens is 192 g/mol. The summed E-state index contributed by atoms with van der Waals surface area (Å²) in [5.74, 6) is 0. The molecule has 78 valence electrons. The molecule has 12 heavy (non-hydrogen) atoms. The SMILES string of the molecule is O=S(O)O.OCCO.OCCO. The van der Waals surface area contributed by atoms with Crippen LogP contribution in [0.2, 0.25) is 0 Å². The maximum Gasteiger partial charge on any atom is 0.299 e. The third-order valence-electron chi connectivity index (χ3n) is 0.200. The minimum atomic E-state index is -2.61. The van der Waals surface area contributed by atoms with Crippen LogP contribution < -0.4 is 0 Å². The van der Waals surface area contributed by atoms with E-state index in [1.807, 2.05) is 0 Å². The summed E-state index contributed by atoms with van der Waals surface area (Å²) in [4.78, 5) is 0. The highest BCUT2D eigenvalue weighted by molar-refractivity contribution is 7.73. The summed E-state index contributed by atoms with van der Waals surface area (Å²) < 4.78 is 22.8. The zero-order chi connectivity index (χ0) is 10.4. The van der Waals surface area contributed by atoms with Crippen molar-refractivity contribution < 1.29 is 33.7 Å². The Morgan fingerprint density at radius 3 is 0.833 bits per heavy atom. The molecule has 0 aliphatic rings. The number of hydrogen-bond donors (Lipinski definition) is 6. The Bertz CT molecular complexity index is 65.8. The first-order valence-electron chi connectivity index (χ1n) is 2.80. The van der Waals surface area contributed by atoms with Crippen molar-refractivity contribution in [1.29, 1.82) is 0 Å². The summed E-state index contributed by atoms with van der Waals surface area (Å²) in [5, 5.41) is 30.5. The zero-order valence-electron chi connectivity index (χ0n) is 6.33. The van der Waals surface area contributed by atoms with E-state index >= 15 is 0 Å². The largest absolute Gasteiger partial charge is 0.394 e. The average Bonchev–Trinajstić information content (AvgIpc) is 2.03. The van der Waals surface area contributed by atoms with E-state index < -0.39 is 11.4 Å². The molecule has 0 amide bonds. The topological polar surface area (TPSA) is 138 Å². The molecule has 0 aromatic heterocycles. The molecule has 0 rings (SSSR count). The Morgan fingerprint density at radius 2 is 0.833 bits per heavy atom. The van der Waals surface area contributed by atoms with E-state index in [1.54, 1.807) is 0 Å². The summed E-state index contributed by atoms with van der Waals surface area (Å²) >= 11 is -2.61. The lowest BCUT2D eigenvalue weighted by Gasteiger charge is -1.70. The van der Waals surface area contributed by atoms with E-state index in [9.17, 15) is 0 Å². The Morgan fingerprint density at radius 1 is 0.750 bits per heavy atom. The number of hydrogen-bond acceptors (Lipinski definition) is 5. The van der Waals surface area contributed by atoms with Gasteiger partial charge in [0.2, 0.25) is 0 Å². The first-order valence-corrected chi connectivity index (χ1v) is 3.86. The molecule has 0 unspecified atom stereocenters. The highest BCUT2D eigenvalue weighted by atomic mass is 32.2. The predicted molar refractivity (Wildman–Crippen MR) is 41.7 cm³/mol. The molecule has 6 N–H and O–H groups in total. The molecule has 0 saturated heterocycles. The molecule has 0 aromatic rings. The van der Waals surface area contributed by atoms with Gasteiger partial charge in [-0.15, -0.1) is 0 Å². The Hall–Kier alpha value is -0.0900. The molecule has 0 radical (unpaired) electrons. The van der Waals surface area contributed by atoms with Crippen LogP contribution in [0.4, 0.5) is 0 Å². The molecule has 0 fully saturated rings. The fraction of sp³-hybridized carbons (Fsp3) is 1.00. The number of aliphatic hydroxyl groups excluding tert-OH is 4. The van der Waals surface area contributed by atoms with Crippen LogP contribution in [0.15, 0.2) is 0 Å². The minimum absolute atomic E-state index is 0.125. The zero-order valence-corrected chi connectivity index (χ0v) is 7.14. The lowest BCUT2D eigenvalue weighted by Crippen LogP contribution is -1.85. The quantitative estimate of drug-likeness (QED) is 0.277. The standard InChI is InChI=1S/2C2H6O2.H2O3S/c2*3-1-2-4;1-4(2)3/h2*3-4H,1-2H2;(H2,1,2,3). The van der Waals surface area contributed by atoms with Gasteiger partial charge in [-0.2, -0.15) is 4.21 Å². The summed E-state index contributed by atoms with van der Waals surface area (Å²) in [7, 11) is 0. The van der Waals surface area contributed by atoms with Crippen LogP contribution in [-0.4, -0.2) is 60.2 Å². The van der Waals surface area contributed by atoms with Gasteiger partial charge in [0.05, 0.1) is 26.4 Å². The molecule has 0 aliphatic heterocycles. The average molecular weight is 206 g/mol. The van der Waals surface area contributed by atoms with Gasteiger partial charge in [-0.05, 0) is 0 Å². The van der Waals surface area contributed by atoms with E-state index in [2.05, 4.69) is 0 Å². The van der Waals surface area contributed by atoms with E-state index in [4.69, 9.17) is 33.7 Å². The van der Waals surface area contributed by atoms with Crippen LogP contribution in [0.25, 0.3) is 0 Å². The van der Waals surface area contributed by atoms with Gasteiger partial charge in [-0.3, -0.25) is 9.11 Å². The molecule has 0 aromatic carbocycles. The maximum absolute atomic E-state index is 8.67. The molecule has 0 spiro atoms. The van der Waals surface area contributed by atoms with E-state index in [0.29, 0.717) is 0 Å². The van der Waals surface area contributed by atoms with Crippen molar-refractivity contribution in [1.82, 2.24) is 0 Å². The first kappa shape index (κ1) is 17.9. The molecule has 0 bridgehead atoms. The number of rotatable bonds is 2. The summed E-state index contributed by atoms with van der Waals surface area (Å²) in [6, 6.07) is 0. The van der Waals surface area contributed by atoms with Gasteiger partial charge in [-0.1, -0.05) is 0 Å². The van der Waals surface area contributed by atoms with Crippen molar-refractivity contribution in [3.05, 3.63) is 0 Å². The molecule has 0 heterocycles. The normalized spacial score (nSPS) is 7.92. The van der Waals surface area contributed by atoms with Crippen molar-refractivity contribution in [2.75, 3.05) is 26.4 Å². The van der Waals surface area contributed by atoms with Gasteiger partial charge in [-0.25, -0.2) is 0 Å².